The Morgan fingerprint density at radius 1 is 1.15 bits per heavy atom. The molecule has 0 fully saturated rings. The molecule has 0 saturated carbocycles. The average molecular weight is 391 g/mol. The Bertz CT molecular complexity index is 781. The van der Waals surface area contributed by atoms with E-state index >= 15 is 0 Å². The van der Waals surface area contributed by atoms with Crippen LogP contribution >= 0.6 is 50.7 Å². The molecule has 0 radical (unpaired) electrons. The Morgan fingerprint density at radius 2 is 1.85 bits per heavy atom. The summed E-state index contributed by atoms with van der Waals surface area (Å²) in [6.07, 6.45) is 2.16. The first-order valence-electron chi connectivity index (χ1n) is 5.68. The molecule has 2 aromatic heterocycles. The fourth-order valence-corrected chi connectivity index (χ4v) is 3.05. The molecule has 7 heteroatoms. The van der Waals surface area contributed by atoms with Gasteiger partial charge in [0.15, 0.2) is 5.65 Å². The normalized spacial score (nSPS) is 11.2. The molecule has 3 rings (SSSR count). The van der Waals surface area contributed by atoms with Gasteiger partial charge in [-0.25, -0.2) is 9.50 Å². The van der Waals surface area contributed by atoms with Crippen LogP contribution < -0.4 is 0 Å². The van der Waals surface area contributed by atoms with Crippen molar-refractivity contribution >= 4 is 56.4 Å². The lowest BCUT2D eigenvalue weighted by Crippen LogP contribution is -1.99. The fraction of sp³-hybridized carbons (Fsp3) is 0.0769. The van der Waals surface area contributed by atoms with Crippen molar-refractivity contribution in [3.63, 3.8) is 0 Å². The summed E-state index contributed by atoms with van der Waals surface area (Å²) in [6, 6.07) is 7.17. The number of rotatable bonds is 2. The number of hydrogen-bond acceptors (Lipinski definition) is 2. The number of halogens is 4. The van der Waals surface area contributed by atoms with Crippen molar-refractivity contribution in [2.45, 2.75) is 6.42 Å². The highest BCUT2D eigenvalue weighted by Gasteiger charge is 2.12. The standard InChI is InChI=1S/C13H7BrCl3N3/c14-9-6-18-20-12(17)5-7(19-13(9)20)4-8-10(15)2-1-3-11(8)16/h1-3,5-6H,4H2. The van der Waals surface area contributed by atoms with Crippen LogP contribution in [0.5, 0.6) is 0 Å². The molecule has 0 saturated heterocycles. The first-order chi connectivity index (χ1) is 9.56. The largest absolute Gasteiger partial charge is 0.232 e. The third-order valence-electron chi connectivity index (χ3n) is 2.86. The number of hydrogen-bond donors (Lipinski definition) is 0. The van der Waals surface area contributed by atoms with Gasteiger partial charge in [0.05, 0.1) is 16.4 Å². The van der Waals surface area contributed by atoms with Crippen LogP contribution in [-0.2, 0) is 6.42 Å². The van der Waals surface area contributed by atoms with Gasteiger partial charge in [-0.3, -0.25) is 0 Å². The second kappa shape index (κ2) is 5.53. The van der Waals surface area contributed by atoms with E-state index in [2.05, 4.69) is 26.0 Å². The number of benzene rings is 1. The minimum Gasteiger partial charge on any atom is -0.232 e. The Morgan fingerprint density at radius 3 is 2.55 bits per heavy atom. The third-order valence-corrected chi connectivity index (χ3v) is 4.39. The maximum absolute atomic E-state index is 6.19. The molecule has 0 atom stereocenters. The van der Waals surface area contributed by atoms with Crippen molar-refractivity contribution in [3.05, 3.63) is 61.4 Å². The summed E-state index contributed by atoms with van der Waals surface area (Å²) in [7, 11) is 0. The van der Waals surface area contributed by atoms with E-state index in [9.17, 15) is 0 Å². The predicted molar refractivity (Wildman–Crippen MR) is 85.0 cm³/mol. The second-order valence-electron chi connectivity index (χ2n) is 4.18. The SMILES string of the molecule is Clc1cccc(Cl)c1Cc1cc(Cl)n2ncc(Br)c2n1. The van der Waals surface area contributed by atoms with Gasteiger partial charge in [0.25, 0.3) is 0 Å². The molecule has 3 aromatic rings. The molecule has 0 N–H and O–H groups in total. The lowest BCUT2D eigenvalue weighted by Gasteiger charge is -2.07. The predicted octanol–water partition coefficient (Wildman–Crippen LogP) is 5.04. The van der Waals surface area contributed by atoms with Gasteiger partial charge in [-0.05, 0) is 39.7 Å². The van der Waals surface area contributed by atoms with Crippen LogP contribution in [-0.4, -0.2) is 14.6 Å². The quantitative estimate of drug-likeness (QED) is 0.573. The molecule has 2 heterocycles. The highest BCUT2D eigenvalue weighted by Crippen LogP contribution is 2.28. The maximum atomic E-state index is 6.19. The summed E-state index contributed by atoms with van der Waals surface area (Å²) in [6.45, 7) is 0. The van der Waals surface area contributed by atoms with E-state index in [1.807, 2.05) is 6.07 Å². The summed E-state index contributed by atoms with van der Waals surface area (Å²) < 4.78 is 2.34. The van der Waals surface area contributed by atoms with Crippen molar-refractivity contribution in [3.8, 4) is 0 Å². The molecule has 0 aliphatic rings. The van der Waals surface area contributed by atoms with Gasteiger partial charge in [0.2, 0.25) is 0 Å². The third kappa shape index (κ3) is 2.53. The van der Waals surface area contributed by atoms with Crippen LogP contribution in [0.15, 0.2) is 34.9 Å². The van der Waals surface area contributed by atoms with Crippen molar-refractivity contribution in [1.29, 1.82) is 0 Å². The van der Waals surface area contributed by atoms with Gasteiger partial charge in [-0.1, -0.05) is 40.9 Å². The number of fused-ring (bicyclic) bond motifs is 1. The van der Waals surface area contributed by atoms with Crippen molar-refractivity contribution in [2.24, 2.45) is 0 Å². The van der Waals surface area contributed by atoms with Gasteiger partial charge >= 0.3 is 0 Å². The zero-order valence-electron chi connectivity index (χ0n) is 9.95. The molecule has 0 spiro atoms. The van der Waals surface area contributed by atoms with E-state index in [0.29, 0.717) is 27.3 Å². The lowest BCUT2D eigenvalue weighted by molar-refractivity contribution is 0.919. The summed E-state index contributed by atoms with van der Waals surface area (Å²) in [4.78, 5) is 4.52. The van der Waals surface area contributed by atoms with Crippen LogP contribution in [0.25, 0.3) is 5.65 Å². The topological polar surface area (TPSA) is 30.2 Å². The number of aromatic nitrogens is 3. The average Bonchev–Trinajstić information content (AvgIpc) is 2.77. The van der Waals surface area contributed by atoms with Gasteiger partial charge in [-0.15, -0.1) is 0 Å². The first kappa shape index (κ1) is 14.1. The Balaban J connectivity index is 2.09. The van der Waals surface area contributed by atoms with Gasteiger partial charge in [-0.2, -0.15) is 5.10 Å². The molecule has 20 heavy (non-hydrogen) atoms. The first-order valence-corrected chi connectivity index (χ1v) is 7.60. The molecule has 0 aliphatic heterocycles. The van der Waals surface area contributed by atoms with Crippen molar-refractivity contribution in [1.82, 2.24) is 14.6 Å². The molecule has 102 valence electrons. The summed E-state index contributed by atoms with van der Waals surface area (Å²) in [5.74, 6) is 0. The smallest absolute Gasteiger partial charge is 0.171 e. The van der Waals surface area contributed by atoms with Crippen LogP contribution in [0.3, 0.4) is 0 Å². The van der Waals surface area contributed by atoms with Crippen molar-refractivity contribution < 1.29 is 0 Å². The molecule has 0 bridgehead atoms. The van der Waals surface area contributed by atoms with Crippen molar-refractivity contribution in [2.75, 3.05) is 0 Å². The highest BCUT2D eigenvalue weighted by molar-refractivity contribution is 9.10. The van der Waals surface area contributed by atoms with E-state index in [1.54, 1.807) is 28.9 Å². The van der Waals surface area contributed by atoms with E-state index in [0.717, 1.165) is 15.7 Å². The summed E-state index contributed by atoms with van der Waals surface area (Å²) >= 11 is 21.9. The minimum atomic E-state index is 0.485. The molecule has 1 aromatic carbocycles. The van der Waals surface area contributed by atoms with E-state index in [-0.39, 0.29) is 0 Å². The van der Waals surface area contributed by atoms with Gasteiger partial charge in [0.1, 0.15) is 5.15 Å². The molecule has 0 aliphatic carbocycles. The van der Waals surface area contributed by atoms with Crippen LogP contribution in [0.4, 0.5) is 0 Å². The van der Waals surface area contributed by atoms with Crippen LogP contribution in [0, 0.1) is 0 Å². The molecular weight excluding hydrogens is 384 g/mol. The Hall–Kier alpha value is -0.810. The Labute approximate surface area is 138 Å². The molecule has 3 nitrogen and oxygen atoms in total. The fourth-order valence-electron chi connectivity index (χ4n) is 1.92. The van der Waals surface area contributed by atoms with Crippen LogP contribution in [0.1, 0.15) is 11.3 Å². The van der Waals surface area contributed by atoms with E-state index in [4.69, 9.17) is 34.8 Å². The van der Waals surface area contributed by atoms with Crippen LogP contribution in [0.2, 0.25) is 15.2 Å². The molecule has 0 unspecified atom stereocenters. The lowest BCUT2D eigenvalue weighted by atomic mass is 10.1. The zero-order chi connectivity index (χ0) is 14.3. The summed E-state index contributed by atoms with van der Waals surface area (Å²) in [5, 5.41) is 5.84. The van der Waals surface area contributed by atoms with E-state index in [1.165, 1.54) is 0 Å². The maximum Gasteiger partial charge on any atom is 0.171 e. The minimum absolute atomic E-state index is 0.485. The van der Waals surface area contributed by atoms with E-state index < -0.39 is 0 Å². The molecule has 0 amide bonds. The Kier molecular flexibility index (Phi) is 3.91. The second-order valence-corrected chi connectivity index (χ2v) is 6.23. The zero-order valence-corrected chi connectivity index (χ0v) is 13.8. The highest BCUT2D eigenvalue weighted by atomic mass is 79.9. The van der Waals surface area contributed by atoms with Gasteiger partial charge in [0, 0.05) is 16.5 Å². The van der Waals surface area contributed by atoms with Gasteiger partial charge < -0.3 is 0 Å². The summed E-state index contributed by atoms with van der Waals surface area (Å²) in [5.41, 5.74) is 2.27. The monoisotopic (exact) mass is 389 g/mol. The molecular formula is C13H7BrCl3N3. The number of nitrogens with zero attached hydrogens (tertiary/aromatic N) is 3.